The standard InChI is InChI=1S/C13H16N4O/c1-2-10-5-8-17-11(9-10)14-15-12(17)13(18)16-6-3-4-7-16/h5,8-9H,2-4,6-7H2,1H3. The first kappa shape index (κ1) is 11.2. The lowest BCUT2D eigenvalue weighted by molar-refractivity contribution is 0.0779. The highest BCUT2D eigenvalue weighted by Crippen LogP contribution is 2.13. The number of amides is 1. The molecule has 0 unspecified atom stereocenters. The molecule has 0 N–H and O–H groups in total. The Kier molecular flexibility index (Phi) is 2.74. The van der Waals surface area contributed by atoms with Crippen molar-refractivity contribution in [3.05, 3.63) is 29.7 Å². The van der Waals surface area contributed by atoms with Gasteiger partial charge in [-0.3, -0.25) is 9.20 Å². The highest BCUT2D eigenvalue weighted by Gasteiger charge is 2.23. The SMILES string of the molecule is CCc1ccn2c(C(=O)N3CCCC3)nnc2c1. The zero-order valence-electron chi connectivity index (χ0n) is 10.5. The lowest BCUT2D eigenvalue weighted by atomic mass is 10.2. The molecular formula is C13H16N4O. The number of carbonyl (C=O) groups excluding carboxylic acids is 1. The van der Waals surface area contributed by atoms with E-state index < -0.39 is 0 Å². The Bertz CT molecular complexity index is 584. The van der Waals surface area contributed by atoms with E-state index in [2.05, 4.69) is 17.1 Å². The number of fused-ring (bicyclic) bond motifs is 1. The molecule has 0 aromatic carbocycles. The Balaban J connectivity index is 1.99. The molecule has 2 aromatic rings. The molecule has 3 heterocycles. The fraction of sp³-hybridized carbons (Fsp3) is 0.462. The summed E-state index contributed by atoms with van der Waals surface area (Å²) in [5.41, 5.74) is 1.95. The number of aromatic nitrogens is 3. The molecule has 5 heteroatoms. The molecule has 94 valence electrons. The summed E-state index contributed by atoms with van der Waals surface area (Å²) in [5, 5.41) is 8.12. The lowest BCUT2D eigenvalue weighted by Crippen LogP contribution is -2.29. The van der Waals surface area contributed by atoms with Gasteiger partial charge in [-0.1, -0.05) is 6.92 Å². The first-order chi connectivity index (χ1) is 8.79. The van der Waals surface area contributed by atoms with Gasteiger partial charge in [-0.15, -0.1) is 10.2 Å². The summed E-state index contributed by atoms with van der Waals surface area (Å²) in [6, 6.07) is 3.99. The van der Waals surface area contributed by atoms with Gasteiger partial charge >= 0.3 is 0 Å². The van der Waals surface area contributed by atoms with Crippen LogP contribution in [0.1, 0.15) is 35.9 Å². The molecule has 0 aliphatic carbocycles. The maximum atomic E-state index is 12.3. The molecule has 1 amide bonds. The second-order valence-corrected chi connectivity index (χ2v) is 4.64. The van der Waals surface area contributed by atoms with Crippen molar-refractivity contribution >= 4 is 11.6 Å². The van der Waals surface area contributed by atoms with Gasteiger partial charge in [-0.05, 0) is 37.0 Å². The topological polar surface area (TPSA) is 50.5 Å². The molecule has 1 fully saturated rings. The van der Waals surface area contributed by atoms with Crippen molar-refractivity contribution in [2.45, 2.75) is 26.2 Å². The van der Waals surface area contributed by atoms with Crippen LogP contribution in [0.2, 0.25) is 0 Å². The molecule has 0 atom stereocenters. The van der Waals surface area contributed by atoms with E-state index in [1.54, 1.807) is 4.40 Å². The van der Waals surface area contributed by atoms with Crippen LogP contribution in [-0.4, -0.2) is 38.5 Å². The van der Waals surface area contributed by atoms with Crippen LogP contribution in [0, 0.1) is 0 Å². The number of carbonyl (C=O) groups is 1. The molecular weight excluding hydrogens is 228 g/mol. The van der Waals surface area contributed by atoms with Crippen LogP contribution in [0.3, 0.4) is 0 Å². The Labute approximate surface area is 105 Å². The van der Waals surface area contributed by atoms with Crippen molar-refractivity contribution in [3.63, 3.8) is 0 Å². The molecule has 1 saturated heterocycles. The third kappa shape index (κ3) is 1.75. The van der Waals surface area contributed by atoms with E-state index in [9.17, 15) is 4.79 Å². The summed E-state index contributed by atoms with van der Waals surface area (Å²) in [4.78, 5) is 14.1. The quantitative estimate of drug-likeness (QED) is 0.805. The molecule has 5 nitrogen and oxygen atoms in total. The second-order valence-electron chi connectivity index (χ2n) is 4.64. The molecule has 2 aromatic heterocycles. The monoisotopic (exact) mass is 244 g/mol. The summed E-state index contributed by atoms with van der Waals surface area (Å²) < 4.78 is 1.78. The summed E-state index contributed by atoms with van der Waals surface area (Å²) in [5.74, 6) is 0.416. The predicted octanol–water partition coefficient (Wildman–Crippen LogP) is 1.53. The Morgan fingerprint density at radius 2 is 2.11 bits per heavy atom. The Hall–Kier alpha value is -1.91. The van der Waals surface area contributed by atoms with E-state index >= 15 is 0 Å². The minimum Gasteiger partial charge on any atom is -0.336 e. The first-order valence-corrected chi connectivity index (χ1v) is 6.42. The molecule has 0 bridgehead atoms. The molecule has 18 heavy (non-hydrogen) atoms. The van der Waals surface area contributed by atoms with Crippen molar-refractivity contribution in [2.75, 3.05) is 13.1 Å². The van der Waals surface area contributed by atoms with Gasteiger partial charge in [-0.2, -0.15) is 0 Å². The molecule has 1 aliphatic rings. The number of pyridine rings is 1. The van der Waals surface area contributed by atoms with Gasteiger partial charge < -0.3 is 4.90 Å². The van der Waals surface area contributed by atoms with Gasteiger partial charge in [0.2, 0.25) is 5.82 Å². The molecule has 1 aliphatic heterocycles. The molecule has 0 saturated carbocycles. The van der Waals surface area contributed by atoms with Crippen molar-refractivity contribution in [1.29, 1.82) is 0 Å². The van der Waals surface area contributed by atoms with Crippen LogP contribution in [0.15, 0.2) is 18.3 Å². The zero-order chi connectivity index (χ0) is 12.5. The number of hydrogen-bond acceptors (Lipinski definition) is 3. The van der Waals surface area contributed by atoms with Crippen molar-refractivity contribution < 1.29 is 4.79 Å². The number of hydrogen-bond donors (Lipinski definition) is 0. The van der Waals surface area contributed by atoms with E-state index in [1.807, 2.05) is 23.2 Å². The largest absolute Gasteiger partial charge is 0.336 e. The minimum atomic E-state index is -0.00996. The normalized spacial score (nSPS) is 15.5. The summed E-state index contributed by atoms with van der Waals surface area (Å²) in [7, 11) is 0. The van der Waals surface area contributed by atoms with E-state index in [4.69, 9.17) is 0 Å². The van der Waals surface area contributed by atoms with E-state index in [1.165, 1.54) is 5.56 Å². The summed E-state index contributed by atoms with van der Waals surface area (Å²) in [6.07, 6.45) is 5.02. The van der Waals surface area contributed by atoms with Crippen LogP contribution >= 0.6 is 0 Å². The van der Waals surface area contributed by atoms with E-state index in [-0.39, 0.29) is 5.91 Å². The van der Waals surface area contributed by atoms with E-state index in [0.717, 1.165) is 38.0 Å². The van der Waals surface area contributed by atoms with Crippen LogP contribution < -0.4 is 0 Å². The van der Waals surface area contributed by atoms with Gasteiger partial charge in [-0.25, -0.2) is 0 Å². The highest BCUT2D eigenvalue weighted by molar-refractivity contribution is 5.91. The number of aryl methyl sites for hydroxylation is 1. The highest BCUT2D eigenvalue weighted by atomic mass is 16.2. The lowest BCUT2D eigenvalue weighted by Gasteiger charge is -2.13. The zero-order valence-corrected chi connectivity index (χ0v) is 10.5. The maximum absolute atomic E-state index is 12.3. The fourth-order valence-corrected chi connectivity index (χ4v) is 2.36. The smallest absolute Gasteiger partial charge is 0.292 e. The summed E-state index contributed by atoms with van der Waals surface area (Å²) >= 11 is 0. The Morgan fingerprint density at radius 3 is 2.83 bits per heavy atom. The first-order valence-electron chi connectivity index (χ1n) is 6.42. The average Bonchev–Trinajstić information content (AvgIpc) is 3.06. The van der Waals surface area contributed by atoms with Crippen LogP contribution in [0.25, 0.3) is 5.65 Å². The van der Waals surface area contributed by atoms with Gasteiger partial charge in [0, 0.05) is 19.3 Å². The molecule has 0 spiro atoms. The van der Waals surface area contributed by atoms with Gasteiger partial charge in [0.25, 0.3) is 5.91 Å². The molecule has 0 radical (unpaired) electrons. The average molecular weight is 244 g/mol. The second kappa shape index (κ2) is 4.40. The summed E-state index contributed by atoms with van der Waals surface area (Å²) in [6.45, 7) is 3.76. The van der Waals surface area contributed by atoms with Crippen molar-refractivity contribution in [2.24, 2.45) is 0 Å². The van der Waals surface area contributed by atoms with E-state index in [0.29, 0.717) is 5.82 Å². The number of nitrogens with zero attached hydrogens (tertiary/aromatic N) is 4. The number of likely N-dealkylation sites (tertiary alicyclic amines) is 1. The minimum absolute atomic E-state index is 0.00996. The van der Waals surface area contributed by atoms with Gasteiger partial charge in [0.05, 0.1) is 0 Å². The molecule has 3 rings (SSSR count). The fourth-order valence-electron chi connectivity index (χ4n) is 2.36. The Morgan fingerprint density at radius 1 is 1.33 bits per heavy atom. The maximum Gasteiger partial charge on any atom is 0.292 e. The third-order valence-corrected chi connectivity index (χ3v) is 3.47. The predicted molar refractivity (Wildman–Crippen MR) is 67.5 cm³/mol. The van der Waals surface area contributed by atoms with Gasteiger partial charge in [0.1, 0.15) is 0 Å². The number of rotatable bonds is 2. The van der Waals surface area contributed by atoms with Crippen LogP contribution in [0.5, 0.6) is 0 Å². The third-order valence-electron chi connectivity index (χ3n) is 3.47. The van der Waals surface area contributed by atoms with Crippen LogP contribution in [0.4, 0.5) is 0 Å². The van der Waals surface area contributed by atoms with Crippen molar-refractivity contribution in [3.8, 4) is 0 Å². The van der Waals surface area contributed by atoms with Crippen LogP contribution in [-0.2, 0) is 6.42 Å². The van der Waals surface area contributed by atoms with Gasteiger partial charge in [0.15, 0.2) is 5.65 Å². The van der Waals surface area contributed by atoms with Crippen molar-refractivity contribution in [1.82, 2.24) is 19.5 Å².